The molecule has 0 unspecified atom stereocenters. The smallest absolute Gasteiger partial charge is 0.339 e. The van der Waals surface area contributed by atoms with Gasteiger partial charge in [-0.2, -0.15) is 0 Å². The summed E-state index contributed by atoms with van der Waals surface area (Å²) in [5.74, 6) is -1.18. The van der Waals surface area contributed by atoms with Crippen LogP contribution in [0.5, 0.6) is 0 Å². The molecule has 0 saturated heterocycles. The largest absolute Gasteiger partial charge is 0.460 e. The van der Waals surface area contributed by atoms with Gasteiger partial charge in [0, 0.05) is 11.6 Å². The van der Waals surface area contributed by atoms with Gasteiger partial charge in [-0.25, -0.2) is 9.18 Å². The minimum Gasteiger partial charge on any atom is -0.460 e. The highest BCUT2D eigenvalue weighted by molar-refractivity contribution is 9.10. The molecule has 1 aromatic carbocycles. The molecule has 0 aliphatic rings. The molecule has 0 aliphatic heterocycles. The molecule has 1 rings (SSSR count). The van der Waals surface area contributed by atoms with E-state index in [-0.39, 0.29) is 24.5 Å². The van der Waals surface area contributed by atoms with Crippen molar-refractivity contribution in [1.82, 2.24) is 0 Å². The van der Waals surface area contributed by atoms with E-state index in [1.165, 1.54) is 6.07 Å². The normalized spacial score (nSPS) is 10.5. The van der Waals surface area contributed by atoms with Crippen LogP contribution in [0.2, 0.25) is 0 Å². The third-order valence-electron chi connectivity index (χ3n) is 2.20. The van der Waals surface area contributed by atoms with Crippen LogP contribution in [-0.2, 0) is 14.2 Å². The zero-order chi connectivity index (χ0) is 14.3. The van der Waals surface area contributed by atoms with Gasteiger partial charge in [0.15, 0.2) is 0 Å². The molecule has 0 radical (unpaired) electrons. The van der Waals surface area contributed by atoms with E-state index >= 15 is 0 Å². The third kappa shape index (κ3) is 5.14. The van der Waals surface area contributed by atoms with Crippen LogP contribution in [0.4, 0.5) is 10.1 Å². The quantitative estimate of drug-likeness (QED) is 0.468. The number of rotatable bonds is 7. The number of nitrogen functional groups attached to an aromatic ring is 1. The summed E-state index contributed by atoms with van der Waals surface area (Å²) in [6, 6.07) is 2.36. The summed E-state index contributed by atoms with van der Waals surface area (Å²) in [4.78, 5) is 11.7. The van der Waals surface area contributed by atoms with Gasteiger partial charge < -0.3 is 19.9 Å². The van der Waals surface area contributed by atoms with Crippen LogP contribution in [0.25, 0.3) is 0 Å². The number of carbonyl (C=O) groups excluding carboxylic acids is 1. The van der Waals surface area contributed by atoms with Crippen molar-refractivity contribution in [3.8, 4) is 0 Å². The van der Waals surface area contributed by atoms with Crippen molar-refractivity contribution in [3.63, 3.8) is 0 Å². The number of hydrogen-bond donors (Lipinski definition) is 1. The average Bonchev–Trinajstić information content (AvgIpc) is 2.37. The second-order valence-electron chi connectivity index (χ2n) is 3.59. The summed E-state index contributed by atoms with van der Waals surface area (Å²) in [6.45, 7) is 1.28. The van der Waals surface area contributed by atoms with Crippen molar-refractivity contribution < 1.29 is 23.4 Å². The molecule has 0 spiro atoms. The molecule has 0 atom stereocenters. The predicted octanol–water partition coefficient (Wildman–Crippen LogP) is 1.99. The van der Waals surface area contributed by atoms with Crippen molar-refractivity contribution in [2.45, 2.75) is 0 Å². The van der Waals surface area contributed by atoms with E-state index in [1.807, 2.05) is 0 Å². The lowest BCUT2D eigenvalue weighted by Crippen LogP contribution is -2.13. The van der Waals surface area contributed by atoms with Crippen LogP contribution in [0.3, 0.4) is 0 Å². The van der Waals surface area contributed by atoms with Gasteiger partial charge in [-0.05, 0) is 28.1 Å². The predicted molar refractivity (Wildman–Crippen MR) is 71.5 cm³/mol. The Morgan fingerprint density at radius 2 is 2.00 bits per heavy atom. The van der Waals surface area contributed by atoms with Crippen LogP contribution in [-0.4, -0.2) is 39.5 Å². The summed E-state index contributed by atoms with van der Waals surface area (Å²) in [7, 11) is 1.57. The Labute approximate surface area is 118 Å². The summed E-state index contributed by atoms with van der Waals surface area (Å²) >= 11 is 3.08. The number of nitrogens with two attached hydrogens (primary N) is 1. The molecule has 19 heavy (non-hydrogen) atoms. The van der Waals surface area contributed by atoms with Gasteiger partial charge in [-0.3, -0.25) is 0 Å². The fraction of sp³-hybridized carbons (Fsp3) is 0.417. The summed E-state index contributed by atoms with van der Waals surface area (Å²) in [5, 5.41) is 0. The highest BCUT2D eigenvalue weighted by Gasteiger charge is 2.14. The number of carbonyl (C=O) groups is 1. The number of benzene rings is 1. The zero-order valence-electron chi connectivity index (χ0n) is 10.4. The Kier molecular flexibility index (Phi) is 6.75. The molecular weight excluding hydrogens is 321 g/mol. The summed E-state index contributed by atoms with van der Waals surface area (Å²) in [6.07, 6.45) is 0. The van der Waals surface area contributed by atoms with Crippen molar-refractivity contribution in [3.05, 3.63) is 28.0 Å². The van der Waals surface area contributed by atoms with Crippen molar-refractivity contribution in [2.75, 3.05) is 39.3 Å². The van der Waals surface area contributed by atoms with E-state index in [4.69, 9.17) is 19.9 Å². The number of esters is 1. The van der Waals surface area contributed by atoms with Crippen LogP contribution >= 0.6 is 15.9 Å². The first-order valence-electron chi connectivity index (χ1n) is 5.54. The van der Waals surface area contributed by atoms with Gasteiger partial charge in [-0.1, -0.05) is 0 Å². The summed E-state index contributed by atoms with van der Waals surface area (Å²) in [5.41, 5.74) is 5.47. The number of hydrogen-bond acceptors (Lipinski definition) is 5. The fourth-order valence-electron chi connectivity index (χ4n) is 1.24. The first-order valence-corrected chi connectivity index (χ1v) is 6.34. The molecule has 1 aromatic rings. The molecule has 0 aliphatic carbocycles. The van der Waals surface area contributed by atoms with Gasteiger partial charge in [-0.15, -0.1) is 0 Å². The van der Waals surface area contributed by atoms with Gasteiger partial charge in [0.05, 0.1) is 31.1 Å². The minimum atomic E-state index is -0.591. The minimum absolute atomic E-state index is 0.103. The summed E-state index contributed by atoms with van der Waals surface area (Å²) < 4.78 is 28.3. The van der Waals surface area contributed by atoms with E-state index in [0.717, 1.165) is 6.07 Å². The van der Waals surface area contributed by atoms with Crippen LogP contribution in [0, 0.1) is 5.82 Å². The zero-order valence-corrected chi connectivity index (χ0v) is 12.0. The van der Waals surface area contributed by atoms with Crippen LogP contribution < -0.4 is 5.73 Å². The molecule has 7 heteroatoms. The average molecular weight is 336 g/mol. The molecule has 0 amide bonds. The lowest BCUT2D eigenvalue weighted by molar-refractivity contribution is 0.0213. The first kappa shape index (κ1) is 15.9. The molecule has 106 valence electrons. The first-order chi connectivity index (χ1) is 9.06. The Morgan fingerprint density at radius 3 is 2.68 bits per heavy atom. The molecular formula is C12H15BrFNO4. The van der Waals surface area contributed by atoms with Crippen molar-refractivity contribution in [1.29, 1.82) is 0 Å². The van der Waals surface area contributed by atoms with Crippen molar-refractivity contribution in [2.24, 2.45) is 0 Å². The standard InChI is InChI=1S/C12H15BrFNO4/c1-17-2-3-18-4-5-19-12(16)8-6-11(15)10(14)7-9(8)13/h6-7H,2-5,15H2,1H3. The highest BCUT2D eigenvalue weighted by Crippen LogP contribution is 2.23. The molecule has 0 aromatic heterocycles. The molecule has 0 fully saturated rings. The van der Waals surface area contributed by atoms with Crippen LogP contribution in [0.15, 0.2) is 16.6 Å². The third-order valence-corrected chi connectivity index (χ3v) is 2.85. The number of anilines is 1. The maximum atomic E-state index is 13.1. The highest BCUT2D eigenvalue weighted by atomic mass is 79.9. The second-order valence-corrected chi connectivity index (χ2v) is 4.45. The van der Waals surface area contributed by atoms with E-state index < -0.39 is 11.8 Å². The lowest BCUT2D eigenvalue weighted by Gasteiger charge is -2.08. The lowest BCUT2D eigenvalue weighted by atomic mass is 10.2. The maximum Gasteiger partial charge on any atom is 0.339 e. The Morgan fingerprint density at radius 1 is 1.32 bits per heavy atom. The van der Waals surface area contributed by atoms with E-state index in [2.05, 4.69) is 15.9 Å². The van der Waals surface area contributed by atoms with Crippen molar-refractivity contribution >= 4 is 27.6 Å². The van der Waals surface area contributed by atoms with Gasteiger partial charge in [0.1, 0.15) is 12.4 Å². The topological polar surface area (TPSA) is 70.8 Å². The van der Waals surface area contributed by atoms with Gasteiger partial charge in [0.25, 0.3) is 0 Å². The number of halogens is 2. The van der Waals surface area contributed by atoms with E-state index in [1.54, 1.807) is 7.11 Å². The Hall–Kier alpha value is -1.18. The second kappa shape index (κ2) is 8.08. The van der Waals surface area contributed by atoms with E-state index in [9.17, 15) is 9.18 Å². The Bertz CT molecular complexity index is 442. The van der Waals surface area contributed by atoms with E-state index in [0.29, 0.717) is 17.7 Å². The molecule has 0 saturated carbocycles. The molecule has 2 N–H and O–H groups in total. The Balaban J connectivity index is 2.43. The van der Waals surface area contributed by atoms with Crippen LogP contribution in [0.1, 0.15) is 10.4 Å². The fourth-order valence-corrected chi connectivity index (χ4v) is 1.71. The maximum absolute atomic E-state index is 13.1. The number of methoxy groups -OCH3 is 1. The SMILES string of the molecule is COCCOCCOC(=O)c1cc(N)c(F)cc1Br. The van der Waals surface area contributed by atoms with Gasteiger partial charge >= 0.3 is 5.97 Å². The molecule has 0 bridgehead atoms. The van der Waals surface area contributed by atoms with Gasteiger partial charge in [0.2, 0.25) is 0 Å². The number of ether oxygens (including phenoxy) is 3. The monoisotopic (exact) mass is 335 g/mol. The molecule has 5 nitrogen and oxygen atoms in total. The molecule has 0 heterocycles.